The topological polar surface area (TPSA) is 63.6 Å². The van der Waals surface area contributed by atoms with Crippen molar-refractivity contribution in [3.05, 3.63) is 71.3 Å². The summed E-state index contributed by atoms with van der Waals surface area (Å²) in [6.45, 7) is 3.94. The second-order valence-corrected chi connectivity index (χ2v) is 5.40. The molecule has 0 aromatic heterocycles. The molecule has 0 aliphatic carbocycles. The summed E-state index contributed by atoms with van der Waals surface area (Å²) in [7, 11) is 0. The molecule has 0 amide bonds. The fraction of sp³-hybridized carbons (Fsp3) is 0.263. The second kappa shape index (κ2) is 7.58. The molecule has 0 aliphatic heterocycles. The third-order valence-corrected chi connectivity index (χ3v) is 3.92. The molecule has 0 bridgehead atoms. The Balaban J connectivity index is 2.19. The first-order chi connectivity index (χ1) is 11.0. The van der Waals surface area contributed by atoms with Gasteiger partial charge in [-0.15, -0.1) is 0 Å². The van der Waals surface area contributed by atoms with Gasteiger partial charge in [0.2, 0.25) is 0 Å². The van der Waals surface area contributed by atoms with Crippen LogP contribution in [0.25, 0.3) is 0 Å². The van der Waals surface area contributed by atoms with Crippen LogP contribution in [0.3, 0.4) is 0 Å². The number of hydrogen-bond acceptors (Lipinski definition) is 3. The van der Waals surface area contributed by atoms with Crippen LogP contribution in [0, 0.1) is 0 Å². The minimum absolute atomic E-state index is 0.0298. The smallest absolute Gasteiger partial charge is 0.339 e. The van der Waals surface area contributed by atoms with Crippen molar-refractivity contribution < 1.29 is 19.4 Å². The van der Waals surface area contributed by atoms with Gasteiger partial charge in [0.1, 0.15) is 6.10 Å². The van der Waals surface area contributed by atoms with Crippen molar-refractivity contribution in [3.63, 3.8) is 0 Å². The van der Waals surface area contributed by atoms with Gasteiger partial charge in [0.25, 0.3) is 0 Å². The number of benzene rings is 2. The molecule has 4 nitrogen and oxygen atoms in total. The van der Waals surface area contributed by atoms with Crippen molar-refractivity contribution in [2.45, 2.75) is 32.3 Å². The lowest BCUT2D eigenvalue weighted by Gasteiger charge is -2.23. The predicted octanol–water partition coefficient (Wildman–Crippen LogP) is 4.12. The standard InChI is InChI=1S/C19H20O4/c1-3-17(13(2)14-9-5-4-6-10-14)23-19(22)16-12-8-7-11-15(16)18(20)21/h4-13,17H,3H2,1-2H3,(H,20,21)/t13-,17+/m0/s1. The van der Waals surface area contributed by atoms with Crippen LogP contribution in [0.2, 0.25) is 0 Å². The van der Waals surface area contributed by atoms with E-state index in [9.17, 15) is 14.7 Å². The second-order valence-electron chi connectivity index (χ2n) is 5.40. The molecule has 0 saturated heterocycles. The molecule has 2 aromatic carbocycles. The summed E-state index contributed by atoms with van der Waals surface area (Å²) in [5.74, 6) is -1.71. The first-order valence-corrected chi connectivity index (χ1v) is 7.62. The maximum atomic E-state index is 12.4. The van der Waals surface area contributed by atoms with Crippen molar-refractivity contribution in [2.24, 2.45) is 0 Å². The van der Waals surface area contributed by atoms with E-state index in [-0.39, 0.29) is 23.1 Å². The molecular formula is C19H20O4. The zero-order chi connectivity index (χ0) is 16.8. The molecule has 2 atom stereocenters. The van der Waals surface area contributed by atoms with Gasteiger partial charge in [-0.1, -0.05) is 56.3 Å². The molecule has 23 heavy (non-hydrogen) atoms. The Kier molecular flexibility index (Phi) is 5.52. The highest BCUT2D eigenvalue weighted by molar-refractivity contribution is 6.02. The van der Waals surface area contributed by atoms with E-state index in [4.69, 9.17) is 4.74 Å². The van der Waals surface area contributed by atoms with Crippen molar-refractivity contribution in [1.82, 2.24) is 0 Å². The molecule has 120 valence electrons. The van der Waals surface area contributed by atoms with E-state index in [1.165, 1.54) is 12.1 Å². The van der Waals surface area contributed by atoms with Crippen LogP contribution >= 0.6 is 0 Å². The van der Waals surface area contributed by atoms with E-state index in [0.717, 1.165) is 5.56 Å². The zero-order valence-electron chi connectivity index (χ0n) is 13.2. The van der Waals surface area contributed by atoms with Crippen LogP contribution in [0.15, 0.2) is 54.6 Å². The van der Waals surface area contributed by atoms with Crippen molar-refractivity contribution in [2.75, 3.05) is 0 Å². The molecule has 0 heterocycles. The Morgan fingerprint density at radius 2 is 1.57 bits per heavy atom. The van der Waals surface area contributed by atoms with Crippen LogP contribution in [-0.2, 0) is 4.74 Å². The molecule has 0 aliphatic rings. The summed E-state index contributed by atoms with van der Waals surface area (Å²) >= 11 is 0. The maximum absolute atomic E-state index is 12.4. The molecule has 0 saturated carbocycles. The van der Waals surface area contributed by atoms with E-state index < -0.39 is 11.9 Å². The summed E-state index contributed by atoms with van der Waals surface area (Å²) in [5.41, 5.74) is 1.12. The highest BCUT2D eigenvalue weighted by Gasteiger charge is 2.24. The monoisotopic (exact) mass is 312 g/mol. The van der Waals surface area contributed by atoms with Crippen molar-refractivity contribution >= 4 is 11.9 Å². The molecule has 0 spiro atoms. The lowest BCUT2D eigenvalue weighted by atomic mass is 9.93. The molecule has 4 heteroatoms. The van der Waals surface area contributed by atoms with Gasteiger partial charge in [0.05, 0.1) is 11.1 Å². The normalized spacial score (nSPS) is 13.1. The molecule has 2 rings (SSSR count). The van der Waals surface area contributed by atoms with Gasteiger partial charge in [-0.3, -0.25) is 0 Å². The van der Waals surface area contributed by atoms with E-state index in [2.05, 4.69) is 0 Å². The Labute approximate surface area is 135 Å². The number of carboxylic acid groups (broad SMARTS) is 1. The van der Waals surface area contributed by atoms with Gasteiger partial charge in [0.15, 0.2) is 0 Å². The Hall–Kier alpha value is -2.62. The first-order valence-electron chi connectivity index (χ1n) is 7.62. The number of rotatable bonds is 6. The number of carbonyl (C=O) groups excluding carboxylic acids is 1. The Morgan fingerprint density at radius 3 is 2.13 bits per heavy atom. The molecule has 0 radical (unpaired) electrons. The van der Waals surface area contributed by atoms with E-state index in [1.807, 2.05) is 44.2 Å². The molecule has 2 aromatic rings. The van der Waals surface area contributed by atoms with Gasteiger partial charge in [-0.25, -0.2) is 9.59 Å². The number of hydrogen-bond donors (Lipinski definition) is 1. The first kappa shape index (κ1) is 16.7. The van der Waals surface area contributed by atoms with Gasteiger partial charge >= 0.3 is 11.9 Å². The average Bonchev–Trinajstić information content (AvgIpc) is 2.59. The molecular weight excluding hydrogens is 292 g/mol. The lowest BCUT2D eigenvalue weighted by molar-refractivity contribution is 0.0232. The third-order valence-electron chi connectivity index (χ3n) is 3.92. The fourth-order valence-corrected chi connectivity index (χ4v) is 2.56. The SMILES string of the molecule is CC[C@@H](OC(=O)c1ccccc1C(=O)O)[C@@H](C)c1ccccc1. The van der Waals surface area contributed by atoms with Gasteiger partial charge in [-0.2, -0.15) is 0 Å². The molecule has 0 unspecified atom stereocenters. The summed E-state index contributed by atoms with van der Waals surface area (Å²) in [6.07, 6.45) is 0.337. The van der Waals surface area contributed by atoms with Crippen LogP contribution < -0.4 is 0 Å². The van der Waals surface area contributed by atoms with Gasteiger partial charge in [-0.05, 0) is 24.1 Å². The Bertz CT molecular complexity index is 679. The van der Waals surface area contributed by atoms with Gasteiger partial charge in [0, 0.05) is 5.92 Å². The van der Waals surface area contributed by atoms with Crippen molar-refractivity contribution in [3.8, 4) is 0 Å². The third kappa shape index (κ3) is 3.97. The number of aromatic carboxylic acids is 1. The number of carboxylic acids is 1. The highest BCUT2D eigenvalue weighted by atomic mass is 16.5. The van der Waals surface area contributed by atoms with Crippen LogP contribution in [0.5, 0.6) is 0 Å². The predicted molar refractivity (Wildman–Crippen MR) is 87.8 cm³/mol. The summed E-state index contributed by atoms with van der Waals surface area (Å²) in [5, 5.41) is 9.19. The number of carbonyl (C=O) groups is 2. The largest absolute Gasteiger partial charge is 0.478 e. The summed E-state index contributed by atoms with van der Waals surface area (Å²) < 4.78 is 5.59. The summed E-state index contributed by atoms with van der Waals surface area (Å²) in [4.78, 5) is 23.6. The molecule has 0 fully saturated rings. The van der Waals surface area contributed by atoms with Gasteiger partial charge < -0.3 is 9.84 Å². The Morgan fingerprint density at radius 1 is 1.00 bits per heavy atom. The number of ether oxygens (including phenoxy) is 1. The maximum Gasteiger partial charge on any atom is 0.339 e. The van der Waals surface area contributed by atoms with Crippen LogP contribution in [0.1, 0.15) is 52.5 Å². The minimum Gasteiger partial charge on any atom is -0.478 e. The fourth-order valence-electron chi connectivity index (χ4n) is 2.56. The molecule has 1 N–H and O–H groups in total. The van der Waals surface area contributed by atoms with Crippen LogP contribution in [0.4, 0.5) is 0 Å². The highest BCUT2D eigenvalue weighted by Crippen LogP contribution is 2.25. The lowest BCUT2D eigenvalue weighted by Crippen LogP contribution is -2.24. The van der Waals surface area contributed by atoms with E-state index >= 15 is 0 Å². The van der Waals surface area contributed by atoms with E-state index in [0.29, 0.717) is 6.42 Å². The minimum atomic E-state index is -1.14. The number of esters is 1. The average molecular weight is 312 g/mol. The van der Waals surface area contributed by atoms with E-state index in [1.54, 1.807) is 12.1 Å². The van der Waals surface area contributed by atoms with Crippen LogP contribution in [-0.4, -0.2) is 23.1 Å². The quantitative estimate of drug-likeness (QED) is 0.815. The zero-order valence-corrected chi connectivity index (χ0v) is 13.2. The van der Waals surface area contributed by atoms with Crippen molar-refractivity contribution in [1.29, 1.82) is 0 Å². The summed E-state index contributed by atoms with van der Waals surface area (Å²) in [6, 6.07) is 15.9.